The summed E-state index contributed by atoms with van der Waals surface area (Å²) in [7, 11) is 1.82. The van der Waals surface area contributed by atoms with Gasteiger partial charge < -0.3 is 15.7 Å². The smallest absolute Gasteiger partial charge is 0.147 e. The fraction of sp³-hybridized carbons (Fsp3) is 0.444. The molecule has 0 fully saturated rings. The molecular weight excluding hydrogens is 202 g/mol. The number of rotatable bonds is 3. The van der Waals surface area contributed by atoms with Crippen molar-refractivity contribution < 1.29 is 5.11 Å². The fourth-order valence-electron chi connectivity index (χ4n) is 1.04. The molecule has 1 aromatic heterocycles. The number of hydrogen-bond acceptors (Lipinski definition) is 4. The summed E-state index contributed by atoms with van der Waals surface area (Å²) in [6, 6.07) is 1.62. The summed E-state index contributed by atoms with van der Waals surface area (Å²) >= 11 is 5.96. The molecule has 14 heavy (non-hydrogen) atoms. The highest BCUT2D eigenvalue weighted by Gasteiger charge is 2.13. The molecule has 4 nitrogen and oxygen atoms in total. The molecule has 78 valence electrons. The van der Waals surface area contributed by atoms with Crippen LogP contribution in [0, 0.1) is 0 Å². The van der Waals surface area contributed by atoms with Gasteiger partial charge in [-0.15, -0.1) is 0 Å². The van der Waals surface area contributed by atoms with Crippen molar-refractivity contribution in [1.29, 1.82) is 0 Å². The number of nitrogens with two attached hydrogens (primary N) is 1. The lowest BCUT2D eigenvalue weighted by Crippen LogP contribution is -2.32. The monoisotopic (exact) mass is 215 g/mol. The zero-order valence-corrected chi connectivity index (χ0v) is 8.99. The van der Waals surface area contributed by atoms with Gasteiger partial charge in [0.05, 0.1) is 29.6 Å². The summed E-state index contributed by atoms with van der Waals surface area (Å²) in [4.78, 5) is 5.91. The van der Waals surface area contributed by atoms with E-state index in [1.807, 2.05) is 18.9 Å². The summed E-state index contributed by atoms with van der Waals surface area (Å²) in [6.45, 7) is 1.94. The summed E-state index contributed by atoms with van der Waals surface area (Å²) < 4.78 is 0. The number of aliphatic hydroxyl groups is 1. The Balaban J connectivity index is 2.95. The average molecular weight is 216 g/mol. The zero-order valence-electron chi connectivity index (χ0n) is 8.24. The molecule has 1 aromatic rings. The van der Waals surface area contributed by atoms with E-state index in [1.165, 1.54) is 0 Å². The van der Waals surface area contributed by atoms with Gasteiger partial charge in [0.1, 0.15) is 5.82 Å². The van der Waals surface area contributed by atoms with Crippen molar-refractivity contribution in [3.05, 3.63) is 17.3 Å². The van der Waals surface area contributed by atoms with Crippen LogP contribution in [-0.4, -0.2) is 29.8 Å². The highest BCUT2D eigenvalue weighted by molar-refractivity contribution is 6.33. The molecule has 1 unspecified atom stereocenters. The first kappa shape index (κ1) is 11.1. The van der Waals surface area contributed by atoms with Crippen molar-refractivity contribution in [3.8, 4) is 0 Å². The number of halogens is 1. The van der Waals surface area contributed by atoms with Crippen molar-refractivity contribution in [2.45, 2.75) is 13.0 Å². The quantitative estimate of drug-likeness (QED) is 0.794. The third-order valence-electron chi connectivity index (χ3n) is 2.10. The molecular formula is C9H14ClN3O. The largest absolute Gasteiger partial charge is 0.397 e. The highest BCUT2D eigenvalue weighted by Crippen LogP contribution is 2.24. The molecule has 0 aliphatic heterocycles. The summed E-state index contributed by atoms with van der Waals surface area (Å²) in [5, 5.41) is 9.47. The molecule has 0 saturated carbocycles. The van der Waals surface area contributed by atoms with Crippen molar-refractivity contribution in [3.63, 3.8) is 0 Å². The van der Waals surface area contributed by atoms with E-state index in [0.29, 0.717) is 16.5 Å². The fourth-order valence-corrected chi connectivity index (χ4v) is 1.34. The summed E-state index contributed by atoms with van der Waals surface area (Å²) in [5.74, 6) is 0.627. The van der Waals surface area contributed by atoms with E-state index in [-0.39, 0.29) is 12.6 Å². The van der Waals surface area contributed by atoms with Crippen LogP contribution in [0.1, 0.15) is 6.92 Å². The second-order valence-electron chi connectivity index (χ2n) is 3.22. The van der Waals surface area contributed by atoms with Gasteiger partial charge in [0.2, 0.25) is 0 Å². The van der Waals surface area contributed by atoms with Crippen molar-refractivity contribution in [2.24, 2.45) is 0 Å². The van der Waals surface area contributed by atoms with E-state index in [4.69, 9.17) is 22.4 Å². The van der Waals surface area contributed by atoms with E-state index in [2.05, 4.69) is 4.98 Å². The molecule has 3 N–H and O–H groups in total. The van der Waals surface area contributed by atoms with Gasteiger partial charge in [-0.3, -0.25) is 0 Å². The van der Waals surface area contributed by atoms with Gasteiger partial charge in [0.25, 0.3) is 0 Å². The maximum atomic E-state index is 8.97. The zero-order chi connectivity index (χ0) is 10.7. The summed E-state index contributed by atoms with van der Waals surface area (Å²) in [6.07, 6.45) is 1.54. The van der Waals surface area contributed by atoms with E-state index < -0.39 is 0 Å². The molecule has 1 rings (SSSR count). The third-order valence-corrected chi connectivity index (χ3v) is 2.38. The lowest BCUT2D eigenvalue weighted by atomic mass is 10.3. The predicted molar refractivity (Wildman–Crippen MR) is 58.6 cm³/mol. The predicted octanol–water partition coefficient (Wildman–Crippen LogP) is 1.13. The first-order valence-corrected chi connectivity index (χ1v) is 4.68. The van der Waals surface area contributed by atoms with Crippen LogP contribution < -0.4 is 10.6 Å². The van der Waals surface area contributed by atoms with Gasteiger partial charge in [0, 0.05) is 7.05 Å². The molecule has 0 radical (unpaired) electrons. The summed E-state index contributed by atoms with van der Waals surface area (Å²) in [5.41, 5.74) is 6.05. The highest BCUT2D eigenvalue weighted by atomic mass is 35.5. The Kier molecular flexibility index (Phi) is 3.55. The average Bonchev–Trinajstić information content (AvgIpc) is 2.15. The molecule has 0 bridgehead atoms. The Bertz CT molecular complexity index is 319. The number of aliphatic hydroxyl groups excluding tert-OH is 1. The molecule has 5 heteroatoms. The Morgan fingerprint density at radius 2 is 2.36 bits per heavy atom. The second kappa shape index (κ2) is 4.48. The molecule has 1 heterocycles. The van der Waals surface area contributed by atoms with Gasteiger partial charge in [-0.1, -0.05) is 11.6 Å². The number of nitrogen functional groups attached to an aromatic ring is 1. The molecule has 0 amide bonds. The first-order chi connectivity index (χ1) is 6.56. The van der Waals surface area contributed by atoms with Crippen molar-refractivity contribution in [1.82, 2.24) is 4.98 Å². The van der Waals surface area contributed by atoms with Crippen LogP contribution in [0.3, 0.4) is 0 Å². The van der Waals surface area contributed by atoms with Crippen LogP contribution in [0.15, 0.2) is 12.3 Å². The lowest BCUT2D eigenvalue weighted by Gasteiger charge is -2.24. The molecule has 1 atom stereocenters. The standard InChI is InChI=1S/C9H14ClN3O/c1-6(5-14)13(2)9-8(10)3-7(11)4-12-9/h3-4,6,14H,5,11H2,1-2H3. The van der Waals surface area contributed by atoms with E-state index in [9.17, 15) is 0 Å². The minimum atomic E-state index is -0.0244. The maximum Gasteiger partial charge on any atom is 0.147 e. The Morgan fingerprint density at radius 3 is 2.86 bits per heavy atom. The minimum absolute atomic E-state index is 0.0244. The van der Waals surface area contributed by atoms with Crippen LogP contribution in [0.2, 0.25) is 5.02 Å². The van der Waals surface area contributed by atoms with Gasteiger partial charge >= 0.3 is 0 Å². The van der Waals surface area contributed by atoms with Gasteiger partial charge in [-0.2, -0.15) is 0 Å². The lowest BCUT2D eigenvalue weighted by molar-refractivity contribution is 0.270. The van der Waals surface area contributed by atoms with Gasteiger partial charge in [-0.25, -0.2) is 4.98 Å². The van der Waals surface area contributed by atoms with Gasteiger partial charge in [-0.05, 0) is 13.0 Å². The normalized spacial score (nSPS) is 12.6. The Hall–Kier alpha value is -1.00. The van der Waals surface area contributed by atoms with Crippen LogP contribution in [0.4, 0.5) is 11.5 Å². The number of pyridine rings is 1. The number of hydrogen-bond donors (Lipinski definition) is 2. The van der Waals surface area contributed by atoms with Crippen LogP contribution >= 0.6 is 11.6 Å². The number of likely N-dealkylation sites (N-methyl/N-ethyl adjacent to an activating group) is 1. The second-order valence-corrected chi connectivity index (χ2v) is 3.62. The Morgan fingerprint density at radius 1 is 1.71 bits per heavy atom. The molecule has 0 spiro atoms. The third kappa shape index (κ3) is 2.27. The van der Waals surface area contributed by atoms with Crippen molar-refractivity contribution in [2.75, 3.05) is 24.3 Å². The van der Waals surface area contributed by atoms with Crippen LogP contribution in [0.25, 0.3) is 0 Å². The topological polar surface area (TPSA) is 62.4 Å². The molecule has 0 aliphatic carbocycles. The SMILES string of the molecule is CC(CO)N(C)c1ncc(N)cc1Cl. The molecule has 0 aliphatic rings. The van der Waals surface area contributed by atoms with Crippen LogP contribution in [0.5, 0.6) is 0 Å². The van der Waals surface area contributed by atoms with Crippen molar-refractivity contribution >= 4 is 23.1 Å². The van der Waals surface area contributed by atoms with E-state index in [0.717, 1.165) is 0 Å². The van der Waals surface area contributed by atoms with E-state index in [1.54, 1.807) is 12.3 Å². The minimum Gasteiger partial charge on any atom is -0.397 e. The van der Waals surface area contributed by atoms with Crippen LogP contribution in [-0.2, 0) is 0 Å². The Labute approximate surface area is 88.3 Å². The number of aromatic nitrogens is 1. The number of anilines is 2. The number of nitrogens with zero attached hydrogens (tertiary/aromatic N) is 2. The molecule has 0 aromatic carbocycles. The van der Waals surface area contributed by atoms with Gasteiger partial charge in [0.15, 0.2) is 0 Å². The first-order valence-electron chi connectivity index (χ1n) is 4.31. The van der Waals surface area contributed by atoms with E-state index >= 15 is 0 Å². The maximum absolute atomic E-state index is 8.97. The molecule has 0 saturated heterocycles.